The Kier molecular flexibility index (Phi) is 3.08. The van der Waals surface area contributed by atoms with Crippen molar-refractivity contribution < 1.29 is 9.90 Å². The van der Waals surface area contributed by atoms with Crippen LogP contribution in [0.2, 0.25) is 5.02 Å². The third kappa shape index (κ3) is 2.06. The third-order valence-electron chi connectivity index (χ3n) is 2.92. The van der Waals surface area contributed by atoms with Gasteiger partial charge in [-0.1, -0.05) is 29.8 Å². The smallest absolute Gasteiger partial charge is 0.168 e. The Morgan fingerprint density at radius 2 is 2.00 bits per heavy atom. The molecule has 0 amide bonds. The fourth-order valence-electron chi connectivity index (χ4n) is 2.10. The maximum absolute atomic E-state index is 11.8. The van der Waals surface area contributed by atoms with Crippen LogP contribution in [0.1, 0.15) is 30.7 Å². The number of carbonyl (C=O) groups excluding carboxylic acids is 1. The molecule has 0 aromatic heterocycles. The predicted molar refractivity (Wildman–Crippen MR) is 59.1 cm³/mol. The number of ketones is 1. The van der Waals surface area contributed by atoms with E-state index in [2.05, 4.69) is 0 Å². The number of hydrogen-bond donors (Lipinski definition) is 1. The minimum absolute atomic E-state index is 0.0886. The molecule has 0 saturated heterocycles. The first-order valence-electron chi connectivity index (χ1n) is 5.16. The molecule has 1 saturated carbocycles. The van der Waals surface area contributed by atoms with E-state index in [1.54, 1.807) is 6.07 Å². The van der Waals surface area contributed by atoms with E-state index in [0.29, 0.717) is 11.4 Å². The molecule has 2 rings (SSSR count). The number of aliphatic hydroxyl groups excluding tert-OH is 1. The van der Waals surface area contributed by atoms with Gasteiger partial charge in [0.05, 0.1) is 0 Å². The topological polar surface area (TPSA) is 37.3 Å². The summed E-state index contributed by atoms with van der Waals surface area (Å²) in [6.45, 7) is 0. The van der Waals surface area contributed by atoms with Gasteiger partial charge in [0, 0.05) is 10.9 Å². The standard InChI is InChI=1S/C12H13ClO2/c13-10-6-2-1-4-8(10)9-5-3-7-11(14)12(9)15/h1-2,4,6,9,11,14H,3,5,7H2/t9-,11+/m0/s1. The Morgan fingerprint density at radius 3 is 2.73 bits per heavy atom. The molecule has 1 N–H and O–H groups in total. The van der Waals surface area contributed by atoms with Crippen LogP contribution in [-0.2, 0) is 4.79 Å². The molecule has 1 fully saturated rings. The lowest BCUT2D eigenvalue weighted by molar-refractivity contribution is -0.131. The number of rotatable bonds is 1. The van der Waals surface area contributed by atoms with Crippen molar-refractivity contribution in [1.29, 1.82) is 0 Å². The fraction of sp³-hybridized carbons (Fsp3) is 0.417. The molecule has 15 heavy (non-hydrogen) atoms. The van der Waals surface area contributed by atoms with E-state index in [1.807, 2.05) is 18.2 Å². The molecular weight excluding hydrogens is 212 g/mol. The maximum Gasteiger partial charge on any atom is 0.168 e. The quantitative estimate of drug-likeness (QED) is 0.796. The molecule has 0 bridgehead atoms. The molecule has 1 aliphatic carbocycles. The number of benzene rings is 1. The Hall–Kier alpha value is -0.860. The summed E-state index contributed by atoms with van der Waals surface area (Å²) >= 11 is 6.04. The van der Waals surface area contributed by atoms with E-state index in [1.165, 1.54) is 0 Å². The number of aliphatic hydroxyl groups is 1. The highest BCUT2D eigenvalue weighted by molar-refractivity contribution is 6.31. The molecular formula is C12H13ClO2. The number of halogens is 1. The van der Waals surface area contributed by atoms with Gasteiger partial charge in [-0.15, -0.1) is 0 Å². The van der Waals surface area contributed by atoms with E-state index in [0.717, 1.165) is 18.4 Å². The van der Waals surface area contributed by atoms with Gasteiger partial charge in [0.1, 0.15) is 6.10 Å². The molecule has 0 spiro atoms. The zero-order chi connectivity index (χ0) is 10.8. The number of carbonyl (C=O) groups is 1. The fourth-order valence-corrected chi connectivity index (χ4v) is 2.37. The molecule has 2 nitrogen and oxygen atoms in total. The number of Topliss-reactive ketones (excluding diaryl/α,β-unsaturated/α-hetero) is 1. The van der Waals surface area contributed by atoms with E-state index in [9.17, 15) is 9.90 Å². The zero-order valence-corrected chi connectivity index (χ0v) is 9.07. The Balaban J connectivity index is 2.30. The molecule has 0 unspecified atom stereocenters. The zero-order valence-electron chi connectivity index (χ0n) is 8.32. The van der Waals surface area contributed by atoms with Crippen molar-refractivity contribution in [1.82, 2.24) is 0 Å². The van der Waals surface area contributed by atoms with Crippen LogP contribution in [0.15, 0.2) is 24.3 Å². The van der Waals surface area contributed by atoms with Crippen molar-refractivity contribution in [2.24, 2.45) is 0 Å². The summed E-state index contributed by atoms with van der Waals surface area (Å²) in [7, 11) is 0. The van der Waals surface area contributed by atoms with Crippen molar-refractivity contribution in [3.8, 4) is 0 Å². The normalized spacial score (nSPS) is 26.7. The highest BCUT2D eigenvalue weighted by Gasteiger charge is 2.31. The van der Waals surface area contributed by atoms with Crippen LogP contribution < -0.4 is 0 Å². The van der Waals surface area contributed by atoms with E-state index >= 15 is 0 Å². The highest BCUT2D eigenvalue weighted by Crippen LogP contribution is 2.33. The van der Waals surface area contributed by atoms with Crippen LogP contribution in [-0.4, -0.2) is 17.0 Å². The van der Waals surface area contributed by atoms with Crippen LogP contribution in [0, 0.1) is 0 Å². The minimum Gasteiger partial charge on any atom is -0.385 e. The molecule has 1 aliphatic rings. The molecule has 0 aliphatic heterocycles. The summed E-state index contributed by atoms with van der Waals surface area (Å²) in [5.41, 5.74) is 0.850. The second-order valence-corrected chi connectivity index (χ2v) is 4.33. The lowest BCUT2D eigenvalue weighted by atomic mass is 9.81. The van der Waals surface area contributed by atoms with Crippen LogP contribution >= 0.6 is 11.6 Å². The Bertz CT molecular complexity index is 376. The van der Waals surface area contributed by atoms with E-state index < -0.39 is 6.10 Å². The summed E-state index contributed by atoms with van der Waals surface area (Å²) in [4.78, 5) is 11.8. The molecule has 0 heterocycles. The number of hydrogen-bond acceptors (Lipinski definition) is 2. The van der Waals surface area contributed by atoms with Crippen molar-refractivity contribution in [3.63, 3.8) is 0 Å². The first-order chi connectivity index (χ1) is 7.20. The molecule has 1 aromatic rings. The molecule has 3 heteroatoms. The van der Waals surface area contributed by atoms with Crippen LogP contribution in [0.4, 0.5) is 0 Å². The first kappa shape index (κ1) is 10.7. The van der Waals surface area contributed by atoms with Gasteiger partial charge in [0.25, 0.3) is 0 Å². The minimum atomic E-state index is -0.806. The van der Waals surface area contributed by atoms with E-state index in [4.69, 9.17) is 11.6 Å². The van der Waals surface area contributed by atoms with Gasteiger partial charge in [0.15, 0.2) is 5.78 Å². The molecule has 0 radical (unpaired) electrons. The SMILES string of the molecule is O=C1[C@H](O)CCC[C@H]1c1ccccc1Cl. The van der Waals surface area contributed by atoms with Crippen molar-refractivity contribution >= 4 is 17.4 Å². The lowest BCUT2D eigenvalue weighted by Crippen LogP contribution is -2.31. The third-order valence-corrected chi connectivity index (χ3v) is 3.27. The van der Waals surface area contributed by atoms with Gasteiger partial charge < -0.3 is 5.11 Å². The molecule has 2 atom stereocenters. The van der Waals surface area contributed by atoms with Crippen molar-refractivity contribution in [3.05, 3.63) is 34.9 Å². The van der Waals surface area contributed by atoms with Gasteiger partial charge in [-0.3, -0.25) is 4.79 Å². The van der Waals surface area contributed by atoms with Gasteiger partial charge in [-0.25, -0.2) is 0 Å². The van der Waals surface area contributed by atoms with Gasteiger partial charge in [-0.2, -0.15) is 0 Å². The Morgan fingerprint density at radius 1 is 1.27 bits per heavy atom. The van der Waals surface area contributed by atoms with Crippen molar-refractivity contribution in [2.45, 2.75) is 31.3 Å². The summed E-state index contributed by atoms with van der Waals surface area (Å²) in [5.74, 6) is -0.309. The second-order valence-electron chi connectivity index (χ2n) is 3.92. The van der Waals surface area contributed by atoms with Crippen LogP contribution in [0.5, 0.6) is 0 Å². The van der Waals surface area contributed by atoms with Crippen LogP contribution in [0.25, 0.3) is 0 Å². The summed E-state index contributed by atoms with van der Waals surface area (Å²) < 4.78 is 0. The highest BCUT2D eigenvalue weighted by atomic mass is 35.5. The first-order valence-corrected chi connectivity index (χ1v) is 5.54. The average Bonchev–Trinajstić information content (AvgIpc) is 2.23. The van der Waals surface area contributed by atoms with Gasteiger partial charge >= 0.3 is 0 Å². The Labute approximate surface area is 93.9 Å². The summed E-state index contributed by atoms with van der Waals surface area (Å²) in [5, 5.41) is 10.1. The monoisotopic (exact) mass is 224 g/mol. The van der Waals surface area contributed by atoms with E-state index in [-0.39, 0.29) is 11.7 Å². The molecule has 80 valence electrons. The largest absolute Gasteiger partial charge is 0.385 e. The second kappa shape index (κ2) is 4.33. The summed E-state index contributed by atoms with van der Waals surface area (Å²) in [6.07, 6.45) is 1.45. The summed E-state index contributed by atoms with van der Waals surface area (Å²) in [6, 6.07) is 7.36. The van der Waals surface area contributed by atoms with Crippen LogP contribution in [0.3, 0.4) is 0 Å². The van der Waals surface area contributed by atoms with Crippen molar-refractivity contribution in [2.75, 3.05) is 0 Å². The van der Waals surface area contributed by atoms with Gasteiger partial charge in [-0.05, 0) is 30.9 Å². The van der Waals surface area contributed by atoms with Gasteiger partial charge in [0.2, 0.25) is 0 Å². The maximum atomic E-state index is 11.8. The lowest BCUT2D eigenvalue weighted by Gasteiger charge is -2.25. The predicted octanol–water partition coefficient (Wildman–Crippen LogP) is 2.54. The molecule has 1 aromatic carbocycles. The average molecular weight is 225 g/mol.